The minimum absolute atomic E-state index is 0.378. The Morgan fingerprint density at radius 2 is 1.79 bits per heavy atom. The highest BCUT2D eigenvalue weighted by molar-refractivity contribution is 7.92. The predicted octanol–water partition coefficient (Wildman–Crippen LogP) is 3.12. The van der Waals surface area contributed by atoms with Gasteiger partial charge in [-0.25, -0.2) is 18.4 Å². The van der Waals surface area contributed by atoms with Crippen molar-refractivity contribution in [2.24, 2.45) is 0 Å². The monoisotopic (exact) mass is 482 g/mol. The van der Waals surface area contributed by atoms with Crippen molar-refractivity contribution in [3.8, 4) is 11.1 Å². The van der Waals surface area contributed by atoms with Crippen LogP contribution in [-0.4, -0.2) is 72.9 Å². The summed E-state index contributed by atoms with van der Waals surface area (Å²) >= 11 is 0. The molecule has 2 aromatic heterocycles. The Morgan fingerprint density at radius 1 is 1.00 bits per heavy atom. The van der Waals surface area contributed by atoms with Crippen molar-refractivity contribution in [3.63, 3.8) is 0 Å². The van der Waals surface area contributed by atoms with E-state index in [9.17, 15) is 8.42 Å². The van der Waals surface area contributed by atoms with Gasteiger partial charge in [-0.2, -0.15) is 0 Å². The van der Waals surface area contributed by atoms with Crippen LogP contribution in [0.1, 0.15) is 25.7 Å². The molecule has 2 N–H and O–H groups in total. The van der Waals surface area contributed by atoms with Gasteiger partial charge in [0.05, 0.1) is 36.9 Å². The minimum atomic E-state index is -3.37. The van der Waals surface area contributed by atoms with E-state index in [1.54, 1.807) is 18.6 Å². The van der Waals surface area contributed by atoms with E-state index in [1.165, 1.54) is 19.0 Å². The van der Waals surface area contributed by atoms with Crippen LogP contribution in [0.3, 0.4) is 0 Å². The van der Waals surface area contributed by atoms with Gasteiger partial charge in [-0.05, 0) is 49.4 Å². The van der Waals surface area contributed by atoms with Crippen LogP contribution in [0, 0.1) is 0 Å². The van der Waals surface area contributed by atoms with Gasteiger partial charge in [-0.3, -0.25) is 14.6 Å². The van der Waals surface area contributed by atoms with E-state index in [-0.39, 0.29) is 0 Å². The predicted molar refractivity (Wildman–Crippen MR) is 133 cm³/mol. The first-order chi connectivity index (χ1) is 16.4. The maximum atomic E-state index is 11.6. The smallest absolute Gasteiger partial charge is 0.229 e. The number of ether oxygens (including phenoxy) is 1. The zero-order chi connectivity index (χ0) is 23.5. The molecular formula is C24H30N6O3S. The molecule has 1 aliphatic heterocycles. The van der Waals surface area contributed by atoms with Crippen LogP contribution in [0.25, 0.3) is 22.0 Å². The van der Waals surface area contributed by atoms with Crippen molar-refractivity contribution in [2.45, 2.75) is 37.8 Å². The second-order valence-corrected chi connectivity index (χ2v) is 10.8. The Hall–Kier alpha value is -2.82. The summed E-state index contributed by atoms with van der Waals surface area (Å²) in [5, 5.41) is 4.61. The van der Waals surface area contributed by atoms with Crippen LogP contribution < -0.4 is 10.0 Å². The average Bonchev–Trinajstić information content (AvgIpc) is 2.84. The molecular weight excluding hydrogens is 452 g/mol. The van der Waals surface area contributed by atoms with Gasteiger partial charge in [-0.1, -0.05) is 6.07 Å². The Morgan fingerprint density at radius 3 is 2.56 bits per heavy atom. The second kappa shape index (κ2) is 9.81. The topological polar surface area (TPSA) is 109 Å². The first kappa shape index (κ1) is 22.9. The number of pyridine rings is 1. The van der Waals surface area contributed by atoms with E-state index in [0.717, 1.165) is 73.2 Å². The third-order valence-electron chi connectivity index (χ3n) is 6.61. The number of nitrogens with one attached hydrogen (secondary N) is 2. The highest BCUT2D eigenvalue weighted by Gasteiger charge is 2.27. The number of fused-ring (bicyclic) bond motifs is 1. The molecule has 1 saturated carbocycles. The number of hydrogen-bond acceptors (Lipinski definition) is 8. The normalized spacial score (nSPS) is 21.9. The lowest BCUT2D eigenvalue weighted by molar-refractivity contribution is 0.00791. The number of morpholine rings is 1. The molecule has 10 heteroatoms. The molecule has 0 unspecified atom stereocenters. The van der Waals surface area contributed by atoms with Crippen LogP contribution in [0.5, 0.6) is 0 Å². The maximum absolute atomic E-state index is 11.6. The Bertz CT molecular complexity index is 1250. The van der Waals surface area contributed by atoms with Crippen LogP contribution in [0.4, 0.5) is 11.5 Å². The van der Waals surface area contributed by atoms with Gasteiger partial charge in [0.25, 0.3) is 0 Å². The molecule has 5 rings (SSSR count). The molecule has 34 heavy (non-hydrogen) atoms. The van der Waals surface area contributed by atoms with Gasteiger partial charge in [0.1, 0.15) is 12.1 Å². The molecule has 1 aliphatic carbocycles. The fraction of sp³-hybridized carbons (Fsp3) is 0.458. The van der Waals surface area contributed by atoms with Crippen LogP contribution in [0.2, 0.25) is 0 Å². The van der Waals surface area contributed by atoms with E-state index in [4.69, 9.17) is 4.74 Å². The highest BCUT2D eigenvalue weighted by atomic mass is 32.2. The van der Waals surface area contributed by atoms with Crippen molar-refractivity contribution in [1.82, 2.24) is 19.9 Å². The number of hydrogen-bond donors (Lipinski definition) is 2. The Kier molecular flexibility index (Phi) is 6.62. The fourth-order valence-electron chi connectivity index (χ4n) is 4.94. The molecule has 2 fully saturated rings. The molecule has 0 bridgehead atoms. The molecule has 0 radical (unpaired) electrons. The summed E-state index contributed by atoms with van der Waals surface area (Å²) in [5.74, 6) is 0.833. The van der Waals surface area contributed by atoms with Crippen molar-refractivity contribution >= 4 is 32.4 Å². The quantitative estimate of drug-likeness (QED) is 0.552. The summed E-state index contributed by atoms with van der Waals surface area (Å²) in [6.45, 7) is 3.77. The molecule has 1 saturated heterocycles. The average molecular weight is 483 g/mol. The molecule has 0 spiro atoms. The molecule has 1 aromatic carbocycles. The van der Waals surface area contributed by atoms with Gasteiger partial charge in [0.15, 0.2) is 0 Å². The first-order valence-corrected chi connectivity index (χ1v) is 13.6. The lowest BCUT2D eigenvalue weighted by Gasteiger charge is -2.39. The number of nitrogens with zero attached hydrogens (tertiary/aromatic N) is 4. The van der Waals surface area contributed by atoms with Gasteiger partial charge >= 0.3 is 0 Å². The number of anilines is 2. The minimum Gasteiger partial charge on any atom is -0.379 e. The molecule has 0 amide bonds. The van der Waals surface area contributed by atoms with Crippen molar-refractivity contribution in [2.75, 3.05) is 42.6 Å². The van der Waals surface area contributed by atoms with Crippen molar-refractivity contribution in [3.05, 3.63) is 43.0 Å². The number of aromatic nitrogens is 3. The number of sulfonamides is 1. The Labute approximate surface area is 200 Å². The van der Waals surface area contributed by atoms with E-state index in [2.05, 4.69) is 29.9 Å². The third kappa shape index (κ3) is 5.45. The summed E-state index contributed by atoms with van der Waals surface area (Å²) in [7, 11) is -3.37. The third-order valence-corrected chi connectivity index (χ3v) is 7.22. The SMILES string of the molecule is CS(=O)(=O)Nc1cncc(-c2ccc3ncnc(N[C@H]4CC[C@H](N5CCOCC5)CC4)c3c2)c1. The van der Waals surface area contributed by atoms with Gasteiger partial charge in [0.2, 0.25) is 10.0 Å². The maximum Gasteiger partial charge on any atom is 0.229 e. The summed E-state index contributed by atoms with van der Waals surface area (Å²) in [6.07, 6.45) is 10.5. The first-order valence-electron chi connectivity index (χ1n) is 11.7. The van der Waals surface area contributed by atoms with E-state index in [0.29, 0.717) is 17.8 Å². The molecule has 9 nitrogen and oxygen atoms in total. The van der Waals surface area contributed by atoms with Crippen molar-refractivity contribution in [1.29, 1.82) is 0 Å². The van der Waals surface area contributed by atoms with E-state index >= 15 is 0 Å². The molecule has 3 aromatic rings. The standard InChI is InChI=1S/C24H30N6O3S/c1-34(31,32)29-20-12-18(14-25-15-20)17-2-7-23-22(13-17)24(27-16-26-23)28-19-3-5-21(6-4-19)30-8-10-33-11-9-30/h2,7,12-16,19,21,29H,3-6,8-11H2,1H3,(H,26,27,28)/t19-,21-. The lowest BCUT2D eigenvalue weighted by Crippen LogP contribution is -2.46. The van der Waals surface area contributed by atoms with Crippen molar-refractivity contribution < 1.29 is 13.2 Å². The largest absolute Gasteiger partial charge is 0.379 e. The highest BCUT2D eigenvalue weighted by Crippen LogP contribution is 2.31. The summed E-state index contributed by atoms with van der Waals surface area (Å²) in [5.41, 5.74) is 3.03. The van der Waals surface area contributed by atoms with E-state index in [1.807, 2.05) is 18.2 Å². The van der Waals surface area contributed by atoms with Gasteiger partial charge < -0.3 is 10.1 Å². The lowest BCUT2D eigenvalue weighted by atomic mass is 9.90. The molecule has 180 valence electrons. The summed E-state index contributed by atoms with van der Waals surface area (Å²) in [4.78, 5) is 15.8. The Balaban J connectivity index is 1.33. The van der Waals surface area contributed by atoms with Gasteiger partial charge in [-0.15, -0.1) is 0 Å². The van der Waals surface area contributed by atoms with Gasteiger partial charge in [0, 0.05) is 42.3 Å². The van der Waals surface area contributed by atoms with Crippen LogP contribution >= 0.6 is 0 Å². The second-order valence-electron chi connectivity index (χ2n) is 9.09. The summed E-state index contributed by atoms with van der Waals surface area (Å²) < 4.78 is 31.2. The molecule has 2 aliphatic rings. The van der Waals surface area contributed by atoms with Crippen LogP contribution in [0.15, 0.2) is 43.0 Å². The zero-order valence-electron chi connectivity index (χ0n) is 19.3. The van der Waals surface area contributed by atoms with E-state index < -0.39 is 10.0 Å². The molecule has 3 heterocycles. The van der Waals surface area contributed by atoms with Crippen LogP contribution in [-0.2, 0) is 14.8 Å². The summed E-state index contributed by atoms with van der Waals surface area (Å²) in [6, 6.07) is 8.77. The number of benzene rings is 1. The number of rotatable bonds is 6. The fourth-order valence-corrected chi connectivity index (χ4v) is 5.48. The molecule has 0 atom stereocenters. The zero-order valence-corrected chi connectivity index (χ0v) is 20.1.